The minimum Gasteiger partial charge on any atom is -0.393 e. The standard InChI is InChI=1S/C27H41F2NO3/c1-17(15-30-12-10-22(16-30)33-26(28)29)23-8-9-24-19(5-4-11-27(23,24)3)6-7-20-13-21(31)14-25(32)18(20)2/h6-7,17,21-26,31-32H,2,4-5,8-16H2,1,3H3/b19-6+,20-7-/t17-,21-,22-,23-,24+,25+,27-/m1/s1. The topological polar surface area (TPSA) is 52.9 Å². The zero-order valence-corrected chi connectivity index (χ0v) is 20.2. The molecule has 0 aromatic heterocycles. The number of fused-ring (bicyclic) bond motifs is 1. The van der Waals surface area contributed by atoms with Crippen LogP contribution in [0.1, 0.15) is 65.2 Å². The van der Waals surface area contributed by atoms with Crippen LogP contribution in [0.4, 0.5) is 8.78 Å². The third-order valence-electron chi connectivity index (χ3n) is 9.06. The highest BCUT2D eigenvalue weighted by Crippen LogP contribution is 2.59. The van der Waals surface area contributed by atoms with Crippen molar-refractivity contribution >= 4 is 0 Å². The summed E-state index contributed by atoms with van der Waals surface area (Å²) in [6, 6.07) is 0. The van der Waals surface area contributed by atoms with Crippen molar-refractivity contribution in [3.05, 3.63) is 35.5 Å². The summed E-state index contributed by atoms with van der Waals surface area (Å²) in [7, 11) is 0. The van der Waals surface area contributed by atoms with E-state index in [1.54, 1.807) is 0 Å². The van der Waals surface area contributed by atoms with E-state index >= 15 is 0 Å². The molecule has 4 fully saturated rings. The fourth-order valence-corrected chi connectivity index (χ4v) is 7.43. The van der Waals surface area contributed by atoms with Gasteiger partial charge in [-0.1, -0.05) is 38.2 Å². The highest BCUT2D eigenvalue weighted by Gasteiger charge is 2.51. The van der Waals surface area contributed by atoms with Gasteiger partial charge in [-0.25, -0.2) is 0 Å². The molecule has 0 aromatic carbocycles. The number of allylic oxidation sites excluding steroid dienone is 3. The van der Waals surface area contributed by atoms with Gasteiger partial charge in [0.1, 0.15) is 0 Å². The van der Waals surface area contributed by atoms with Crippen LogP contribution in [0, 0.1) is 23.2 Å². The second-order valence-corrected chi connectivity index (χ2v) is 11.2. The number of alkyl halides is 2. The predicted molar refractivity (Wildman–Crippen MR) is 126 cm³/mol. The summed E-state index contributed by atoms with van der Waals surface area (Å²) in [5.74, 6) is 1.71. The Bertz CT molecular complexity index is 781. The van der Waals surface area contributed by atoms with Crippen LogP contribution in [0.25, 0.3) is 0 Å². The predicted octanol–water partition coefficient (Wildman–Crippen LogP) is 5.08. The first-order valence-corrected chi connectivity index (χ1v) is 12.8. The number of aliphatic hydroxyl groups is 2. The Morgan fingerprint density at radius 3 is 2.79 bits per heavy atom. The lowest BCUT2D eigenvalue weighted by atomic mass is 9.61. The molecule has 7 atom stereocenters. The van der Waals surface area contributed by atoms with Gasteiger partial charge in [0.15, 0.2) is 0 Å². The number of hydrogen-bond acceptors (Lipinski definition) is 4. The maximum Gasteiger partial charge on any atom is 0.345 e. The molecule has 0 spiro atoms. The molecule has 186 valence electrons. The van der Waals surface area contributed by atoms with Gasteiger partial charge in [-0.05, 0) is 79.3 Å². The quantitative estimate of drug-likeness (QED) is 0.575. The summed E-state index contributed by atoms with van der Waals surface area (Å²) < 4.78 is 29.9. The third-order valence-corrected chi connectivity index (χ3v) is 9.06. The van der Waals surface area contributed by atoms with Crippen molar-refractivity contribution in [3.8, 4) is 0 Å². The second-order valence-electron chi connectivity index (χ2n) is 11.2. The van der Waals surface area contributed by atoms with Crippen molar-refractivity contribution in [3.63, 3.8) is 0 Å². The van der Waals surface area contributed by atoms with Crippen LogP contribution in [-0.4, -0.2) is 59.7 Å². The number of halogens is 2. The maximum absolute atomic E-state index is 12.6. The van der Waals surface area contributed by atoms with E-state index < -0.39 is 18.8 Å². The van der Waals surface area contributed by atoms with Gasteiger partial charge < -0.3 is 19.8 Å². The van der Waals surface area contributed by atoms with Crippen molar-refractivity contribution in [1.29, 1.82) is 0 Å². The lowest BCUT2D eigenvalue weighted by Gasteiger charge is -2.45. The average Bonchev–Trinajstić information content (AvgIpc) is 3.32. The Morgan fingerprint density at radius 1 is 1.24 bits per heavy atom. The summed E-state index contributed by atoms with van der Waals surface area (Å²) in [6.45, 7) is 8.58. The summed E-state index contributed by atoms with van der Waals surface area (Å²) in [4.78, 5) is 2.31. The van der Waals surface area contributed by atoms with E-state index in [0.29, 0.717) is 43.6 Å². The Labute approximate surface area is 197 Å². The highest BCUT2D eigenvalue weighted by atomic mass is 19.3. The van der Waals surface area contributed by atoms with Gasteiger partial charge in [-0.2, -0.15) is 8.78 Å². The molecule has 2 N–H and O–H groups in total. The molecule has 1 heterocycles. The highest BCUT2D eigenvalue weighted by molar-refractivity contribution is 5.38. The molecule has 0 radical (unpaired) electrons. The summed E-state index contributed by atoms with van der Waals surface area (Å²) in [5.41, 5.74) is 3.48. The Hall–Kier alpha value is -1.08. The Balaban J connectivity index is 1.42. The molecule has 1 aliphatic heterocycles. The summed E-state index contributed by atoms with van der Waals surface area (Å²) >= 11 is 0. The fraction of sp³-hybridized carbons (Fsp3) is 0.778. The molecule has 4 rings (SSSR count). The maximum atomic E-state index is 12.6. The van der Waals surface area contributed by atoms with Crippen LogP contribution < -0.4 is 0 Å². The monoisotopic (exact) mass is 465 g/mol. The first-order chi connectivity index (χ1) is 15.7. The van der Waals surface area contributed by atoms with Gasteiger partial charge in [-0.3, -0.25) is 0 Å². The third kappa shape index (κ3) is 5.44. The molecule has 1 saturated heterocycles. The average molecular weight is 466 g/mol. The zero-order chi connectivity index (χ0) is 23.8. The van der Waals surface area contributed by atoms with Gasteiger partial charge in [0.25, 0.3) is 0 Å². The zero-order valence-electron chi connectivity index (χ0n) is 20.2. The molecule has 0 amide bonds. The smallest absolute Gasteiger partial charge is 0.345 e. The van der Waals surface area contributed by atoms with Crippen LogP contribution in [-0.2, 0) is 4.74 Å². The van der Waals surface area contributed by atoms with Crippen LogP contribution >= 0.6 is 0 Å². The number of rotatable bonds is 6. The van der Waals surface area contributed by atoms with Crippen molar-refractivity contribution in [2.75, 3.05) is 19.6 Å². The van der Waals surface area contributed by atoms with E-state index in [0.717, 1.165) is 30.7 Å². The molecule has 4 aliphatic rings. The van der Waals surface area contributed by atoms with E-state index in [4.69, 9.17) is 4.74 Å². The van der Waals surface area contributed by atoms with Gasteiger partial charge in [0.05, 0.1) is 18.3 Å². The number of nitrogens with zero attached hydrogens (tertiary/aromatic N) is 1. The van der Waals surface area contributed by atoms with Gasteiger partial charge in [0.2, 0.25) is 0 Å². The van der Waals surface area contributed by atoms with Crippen molar-refractivity contribution in [2.24, 2.45) is 23.2 Å². The molecule has 0 aromatic rings. The van der Waals surface area contributed by atoms with Crippen molar-refractivity contribution < 1.29 is 23.7 Å². The van der Waals surface area contributed by atoms with E-state index in [1.807, 2.05) is 0 Å². The lowest BCUT2D eigenvalue weighted by molar-refractivity contribution is -0.158. The van der Waals surface area contributed by atoms with Gasteiger partial charge >= 0.3 is 6.61 Å². The molecular formula is C27H41F2NO3. The first-order valence-electron chi connectivity index (χ1n) is 12.8. The number of ether oxygens (including phenoxy) is 1. The van der Waals surface area contributed by atoms with Gasteiger partial charge in [0, 0.05) is 26.1 Å². The first kappa shape index (κ1) is 25.0. The normalized spacial score (nSPS) is 41.3. The largest absolute Gasteiger partial charge is 0.393 e. The number of hydrogen-bond donors (Lipinski definition) is 2. The molecule has 0 unspecified atom stereocenters. The SMILES string of the molecule is C=C1/C(=C\C=C2/CCC[C@]3(C)[C@@H]([C@H](C)CN4CC[C@@H](OC(F)F)C4)CC[C@@H]23)C[C@@H](O)C[C@@H]1O. The second kappa shape index (κ2) is 10.3. The fourth-order valence-electron chi connectivity index (χ4n) is 7.43. The molecule has 3 saturated carbocycles. The van der Waals surface area contributed by atoms with Gasteiger partial charge in [-0.15, -0.1) is 0 Å². The molecule has 0 bridgehead atoms. The minimum atomic E-state index is -2.68. The summed E-state index contributed by atoms with van der Waals surface area (Å²) in [6.07, 6.45) is 10.4. The summed E-state index contributed by atoms with van der Waals surface area (Å²) in [5, 5.41) is 20.2. The Kier molecular flexibility index (Phi) is 7.79. The lowest BCUT2D eigenvalue weighted by Crippen LogP contribution is -2.39. The molecule has 4 nitrogen and oxygen atoms in total. The molecule has 6 heteroatoms. The van der Waals surface area contributed by atoms with Crippen LogP contribution in [0.2, 0.25) is 0 Å². The molecule has 33 heavy (non-hydrogen) atoms. The minimum absolute atomic E-state index is 0.267. The number of likely N-dealkylation sites (tertiary alicyclic amines) is 1. The van der Waals surface area contributed by atoms with E-state index in [9.17, 15) is 19.0 Å². The molecular weight excluding hydrogens is 424 g/mol. The van der Waals surface area contributed by atoms with Crippen LogP contribution in [0.5, 0.6) is 0 Å². The van der Waals surface area contributed by atoms with Crippen LogP contribution in [0.15, 0.2) is 35.5 Å². The van der Waals surface area contributed by atoms with Crippen molar-refractivity contribution in [2.45, 2.75) is 90.1 Å². The van der Waals surface area contributed by atoms with E-state index in [-0.39, 0.29) is 11.5 Å². The van der Waals surface area contributed by atoms with E-state index in [2.05, 4.69) is 37.5 Å². The molecule has 3 aliphatic carbocycles. The number of aliphatic hydroxyl groups excluding tert-OH is 2. The van der Waals surface area contributed by atoms with Crippen molar-refractivity contribution in [1.82, 2.24) is 4.90 Å². The van der Waals surface area contributed by atoms with E-state index in [1.165, 1.54) is 31.3 Å². The Morgan fingerprint density at radius 2 is 2.03 bits per heavy atom. The van der Waals surface area contributed by atoms with Crippen LogP contribution in [0.3, 0.4) is 0 Å².